The van der Waals surface area contributed by atoms with Crippen LogP contribution in [-0.4, -0.2) is 63.2 Å². The Labute approximate surface area is 319 Å². The summed E-state index contributed by atoms with van der Waals surface area (Å²) in [5, 5.41) is 22.1. The third-order valence-corrected chi connectivity index (χ3v) is 10.7. The lowest BCUT2D eigenvalue weighted by molar-refractivity contribution is -0.156. The zero-order valence-electron chi connectivity index (χ0n) is 30.5. The molecular formula is C42H31N3O12. The Morgan fingerprint density at radius 1 is 0.754 bits per heavy atom. The molecule has 7 aromatic rings. The lowest BCUT2D eigenvalue weighted by Crippen LogP contribution is -2.63. The summed E-state index contributed by atoms with van der Waals surface area (Å²) in [6.45, 7) is 1.88. The number of ether oxygens (including phenoxy) is 2. The topological polar surface area (TPSA) is 216 Å². The number of carbonyl (C=O) groups is 3. The van der Waals surface area contributed by atoms with Gasteiger partial charge in [-0.3, -0.25) is 33.6 Å². The number of esters is 1. The number of amides is 2. The van der Waals surface area contributed by atoms with E-state index >= 15 is 0 Å². The first-order chi connectivity index (χ1) is 27.2. The predicted octanol–water partition coefficient (Wildman–Crippen LogP) is 2.12. The second kappa shape index (κ2) is 13.4. The van der Waals surface area contributed by atoms with Crippen LogP contribution in [0.25, 0.3) is 53.9 Å². The summed E-state index contributed by atoms with van der Waals surface area (Å²) in [4.78, 5) is 111. The van der Waals surface area contributed by atoms with Gasteiger partial charge in [-0.2, -0.15) is 0 Å². The van der Waals surface area contributed by atoms with E-state index in [1.807, 2.05) is 0 Å². The molecule has 2 heterocycles. The van der Waals surface area contributed by atoms with Gasteiger partial charge < -0.3 is 34.5 Å². The Balaban J connectivity index is 1.26. The highest BCUT2D eigenvalue weighted by molar-refractivity contribution is 6.22. The number of nitrogens with one attached hydrogen (secondary N) is 1. The van der Waals surface area contributed by atoms with Crippen LogP contribution in [0, 0.1) is 6.92 Å². The monoisotopic (exact) mass is 769 g/mol. The van der Waals surface area contributed by atoms with E-state index in [0.29, 0.717) is 5.56 Å². The standard InChI is InChI=1S/C42H31N3O12/c1-18-14-24-31(41(54)44(18)16-27(47)45-15-25(43-40(53)19(45)2)42(55)57-17-20-8-5-4-6-9-20)37(51)29-22(34(24)48)12-13-23-30(29)38(52)32-33(39(23)56-3)36(50)28-21(35(32)49)10-7-11-26(28)46/h4-14,19,25,49-50H,15-17H2,1-3H3,(H,43,53). The molecule has 286 valence electrons. The Morgan fingerprint density at radius 3 is 2.16 bits per heavy atom. The Hall–Kier alpha value is -7.42. The number of piperazine rings is 1. The fourth-order valence-corrected chi connectivity index (χ4v) is 7.81. The smallest absolute Gasteiger partial charge is 0.330 e. The number of methoxy groups -OCH3 is 1. The number of hydrogen-bond acceptors (Lipinski definition) is 12. The molecule has 1 fully saturated rings. The number of nitrogens with zero attached hydrogens (tertiary/aromatic N) is 2. The third kappa shape index (κ3) is 5.49. The van der Waals surface area contributed by atoms with Crippen LogP contribution in [0.4, 0.5) is 0 Å². The molecule has 1 aliphatic heterocycles. The molecule has 57 heavy (non-hydrogen) atoms. The van der Waals surface area contributed by atoms with Crippen LogP contribution in [-0.2, 0) is 32.3 Å². The van der Waals surface area contributed by atoms with Gasteiger partial charge in [-0.05, 0) is 43.7 Å². The second-order valence-electron chi connectivity index (χ2n) is 13.9. The van der Waals surface area contributed by atoms with Crippen molar-refractivity contribution < 1.29 is 34.1 Å². The number of fused-ring (bicyclic) bond motifs is 6. The summed E-state index contributed by atoms with van der Waals surface area (Å²) in [6.07, 6.45) is 0. The molecule has 6 aromatic carbocycles. The average molecular weight is 770 g/mol. The van der Waals surface area contributed by atoms with Gasteiger partial charge in [-0.15, -0.1) is 0 Å². The van der Waals surface area contributed by atoms with Crippen molar-refractivity contribution in [2.75, 3.05) is 13.7 Å². The van der Waals surface area contributed by atoms with Gasteiger partial charge in [0.1, 0.15) is 42.5 Å². The van der Waals surface area contributed by atoms with Crippen molar-refractivity contribution in [3.8, 4) is 17.2 Å². The molecule has 0 spiro atoms. The number of phenols is 2. The maximum absolute atomic E-state index is 14.5. The zero-order chi connectivity index (χ0) is 40.6. The van der Waals surface area contributed by atoms with Gasteiger partial charge in [-0.25, -0.2) is 4.79 Å². The van der Waals surface area contributed by atoms with Crippen LogP contribution < -0.4 is 37.3 Å². The quantitative estimate of drug-likeness (QED) is 0.0960. The first kappa shape index (κ1) is 36.6. The maximum atomic E-state index is 14.5. The largest absolute Gasteiger partial charge is 0.506 e. The normalized spacial score (nSPS) is 15.8. The van der Waals surface area contributed by atoms with E-state index in [1.54, 1.807) is 30.3 Å². The van der Waals surface area contributed by atoms with Crippen molar-refractivity contribution in [3.63, 3.8) is 0 Å². The van der Waals surface area contributed by atoms with E-state index in [0.717, 1.165) is 9.47 Å². The summed E-state index contributed by atoms with van der Waals surface area (Å²) in [5.74, 6) is -3.64. The molecule has 0 saturated carbocycles. The fraction of sp³-hybridized carbons (Fsp3) is 0.190. The summed E-state index contributed by atoms with van der Waals surface area (Å²) in [6, 6.07) is 14.3. The number of aryl methyl sites for hydroxylation is 1. The molecule has 0 bridgehead atoms. The minimum atomic E-state index is -1.21. The minimum absolute atomic E-state index is 0.0485. The number of pyridine rings is 1. The number of benzene rings is 6. The SMILES string of the molecule is COc1c2ccc3c(=O)c4cc(C)n(CC(=O)N5CC(C(=O)OCc6ccccc6)NC(=O)C5C)c(=O)c4c(=O)c3c2c(=O)c2c(O)c3cccc(=O)c3c(O)c12. The number of hydrogen-bond donors (Lipinski definition) is 3. The highest BCUT2D eigenvalue weighted by Gasteiger charge is 2.38. The molecule has 1 aliphatic rings. The Bertz CT molecular complexity index is 3220. The summed E-state index contributed by atoms with van der Waals surface area (Å²) in [5.41, 5.74) is -3.58. The van der Waals surface area contributed by atoms with Gasteiger partial charge in [0.15, 0.2) is 16.3 Å². The van der Waals surface area contributed by atoms with Crippen LogP contribution in [0.1, 0.15) is 18.2 Å². The lowest BCUT2D eigenvalue weighted by Gasteiger charge is -2.37. The first-order valence-electron chi connectivity index (χ1n) is 17.7. The maximum Gasteiger partial charge on any atom is 0.330 e. The van der Waals surface area contributed by atoms with Crippen LogP contribution >= 0.6 is 0 Å². The molecule has 8 rings (SSSR count). The molecule has 0 aliphatic carbocycles. The number of carbonyl (C=O) groups excluding carboxylic acids is 3. The third-order valence-electron chi connectivity index (χ3n) is 10.7. The number of aromatic nitrogens is 1. The van der Waals surface area contributed by atoms with Crippen molar-refractivity contribution in [3.05, 3.63) is 129 Å². The molecule has 2 unspecified atom stereocenters. The molecule has 2 amide bonds. The minimum Gasteiger partial charge on any atom is -0.506 e. The second-order valence-corrected chi connectivity index (χ2v) is 13.9. The highest BCUT2D eigenvalue weighted by Crippen LogP contribution is 2.46. The molecule has 3 N–H and O–H groups in total. The van der Waals surface area contributed by atoms with Crippen molar-refractivity contribution >= 4 is 71.6 Å². The van der Waals surface area contributed by atoms with Gasteiger partial charge in [0.2, 0.25) is 17.2 Å². The van der Waals surface area contributed by atoms with Gasteiger partial charge >= 0.3 is 5.97 Å². The molecular weight excluding hydrogens is 738 g/mol. The molecule has 2 atom stereocenters. The molecule has 1 saturated heterocycles. The lowest BCUT2D eigenvalue weighted by atomic mass is 9.92. The molecule has 1 aromatic heterocycles. The van der Waals surface area contributed by atoms with Crippen LogP contribution in [0.2, 0.25) is 0 Å². The zero-order valence-corrected chi connectivity index (χ0v) is 30.5. The first-order valence-corrected chi connectivity index (χ1v) is 17.7. The fourth-order valence-electron chi connectivity index (χ4n) is 7.81. The van der Waals surface area contributed by atoms with Crippen molar-refractivity contribution in [1.82, 2.24) is 14.8 Å². The van der Waals surface area contributed by atoms with Crippen molar-refractivity contribution in [2.45, 2.75) is 39.1 Å². The average Bonchev–Trinajstić information content (AvgIpc) is 3.20. The summed E-state index contributed by atoms with van der Waals surface area (Å²) in [7, 11) is 1.21. The van der Waals surface area contributed by atoms with Crippen molar-refractivity contribution in [1.29, 1.82) is 0 Å². The summed E-state index contributed by atoms with van der Waals surface area (Å²) < 4.78 is 11.9. The Kier molecular flexibility index (Phi) is 8.60. The number of aromatic hydroxyl groups is 2. The van der Waals surface area contributed by atoms with Crippen molar-refractivity contribution in [2.24, 2.45) is 0 Å². The van der Waals surface area contributed by atoms with Gasteiger partial charge in [-0.1, -0.05) is 42.5 Å². The van der Waals surface area contributed by atoms with Gasteiger partial charge in [0.05, 0.1) is 35.2 Å². The van der Waals surface area contributed by atoms with Crippen LogP contribution in [0.3, 0.4) is 0 Å². The molecule has 15 heteroatoms. The predicted molar refractivity (Wildman–Crippen MR) is 210 cm³/mol. The van der Waals surface area contributed by atoms with Crippen LogP contribution in [0.15, 0.2) is 90.7 Å². The van der Waals surface area contributed by atoms with Crippen LogP contribution in [0.5, 0.6) is 17.2 Å². The molecule has 0 radical (unpaired) electrons. The van der Waals surface area contributed by atoms with E-state index < -0.39 is 91.3 Å². The highest BCUT2D eigenvalue weighted by atomic mass is 16.5. The van der Waals surface area contributed by atoms with E-state index in [1.165, 1.54) is 57.4 Å². The summed E-state index contributed by atoms with van der Waals surface area (Å²) >= 11 is 0. The van der Waals surface area contributed by atoms with E-state index in [4.69, 9.17) is 9.47 Å². The van der Waals surface area contributed by atoms with Gasteiger partial charge in [0, 0.05) is 38.0 Å². The van der Waals surface area contributed by atoms with Gasteiger partial charge in [0.25, 0.3) is 5.56 Å². The van der Waals surface area contributed by atoms with E-state index in [-0.39, 0.29) is 62.3 Å². The Morgan fingerprint density at radius 2 is 1.44 bits per heavy atom. The molecule has 15 nitrogen and oxygen atoms in total. The van der Waals surface area contributed by atoms with E-state index in [2.05, 4.69) is 5.32 Å². The number of phenolic OH excluding ortho intramolecular Hbond substituents is 2. The number of rotatable bonds is 6. The van der Waals surface area contributed by atoms with E-state index in [9.17, 15) is 48.6 Å².